The molecule has 0 fully saturated rings. The van der Waals surface area contributed by atoms with Gasteiger partial charge in [0.25, 0.3) is 0 Å². The van der Waals surface area contributed by atoms with E-state index in [1.165, 1.54) is 24.4 Å². The van der Waals surface area contributed by atoms with E-state index in [-0.39, 0.29) is 6.42 Å². The average molecular weight is 185 g/mol. The molecule has 0 radical (unpaired) electrons. The van der Waals surface area contributed by atoms with E-state index in [2.05, 4.69) is 14.8 Å². The van der Waals surface area contributed by atoms with E-state index in [0.29, 0.717) is 6.54 Å². The van der Waals surface area contributed by atoms with Crippen LogP contribution < -0.4 is 0 Å². The van der Waals surface area contributed by atoms with E-state index in [1.807, 2.05) is 0 Å². The fourth-order valence-corrected chi connectivity index (χ4v) is 0.857. The maximum Gasteiger partial charge on any atom is 0.334 e. The molecule has 0 aromatic carbocycles. The summed E-state index contributed by atoms with van der Waals surface area (Å²) in [5.41, 5.74) is 0. The minimum Gasteiger partial charge on any atom is -0.467 e. The number of hydrogen-bond acceptors (Lipinski definition) is 5. The SMILES string of the molecule is COC(=O)C(O)CCn1cncn1. The van der Waals surface area contributed by atoms with Crippen molar-refractivity contribution in [1.29, 1.82) is 0 Å². The van der Waals surface area contributed by atoms with Gasteiger partial charge < -0.3 is 9.84 Å². The number of esters is 1. The quantitative estimate of drug-likeness (QED) is 0.621. The van der Waals surface area contributed by atoms with Crippen LogP contribution in [-0.4, -0.2) is 39.1 Å². The van der Waals surface area contributed by atoms with Gasteiger partial charge in [-0.3, -0.25) is 4.68 Å². The molecule has 0 spiro atoms. The summed E-state index contributed by atoms with van der Waals surface area (Å²) in [6, 6.07) is 0. The Labute approximate surface area is 75.2 Å². The third-order valence-electron chi connectivity index (χ3n) is 1.57. The second-order valence-electron chi connectivity index (χ2n) is 2.49. The first-order valence-electron chi connectivity index (χ1n) is 3.82. The summed E-state index contributed by atoms with van der Waals surface area (Å²) in [5, 5.41) is 13.0. The molecule has 0 aliphatic carbocycles. The normalized spacial score (nSPS) is 12.5. The lowest BCUT2D eigenvalue weighted by Gasteiger charge is -2.06. The standard InChI is InChI=1S/C7H11N3O3/c1-13-7(12)6(11)2-3-10-5-8-4-9-10/h4-6,11H,2-3H2,1H3. The molecule has 1 heterocycles. The highest BCUT2D eigenvalue weighted by Gasteiger charge is 2.14. The predicted molar refractivity (Wildman–Crippen MR) is 42.7 cm³/mol. The molecular weight excluding hydrogens is 174 g/mol. The number of aryl methyl sites for hydroxylation is 1. The van der Waals surface area contributed by atoms with Gasteiger partial charge in [0.1, 0.15) is 12.7 Å². The maximum atomic E-state index is 10.8. The van der Waals surface area contributed by atoms with Crippen molar-refractivity contribution in [2.45, 2.75) is 19.1 Å². The second kappa shape index (κ2) is 4.56. The highest BCUT2D eigenvalue weighted by Crippen LogP contribution is 1.96. The van der Waals surface area contributed by atoms with Crippen LogP contribution in [0.4, 0.5) is 0 Å². The smallest absolute Gasteiger partial charge is 0.334 e. The van der Waals surface area contributed by atoms with Crippen LogP contribution in [-0.2, 0) is 16.1 Å². The van der Waals surface area contributed by atoms with Crippen LogP contribution in [0, 0.1) is 0 Å². The number of methoxy groups -OCH3 is 1. The van der Waals surface area contributed by atoms with Crippen molar-refractivity contribution in [3.05, 3.63) is 12.7 Å². The first kappa shape index (κ1) is 9.66. The summed E-state index contributed by atoms with van der Waals surface area (Å²) < 4.78 is 5.88. The van der Waals surface area contributed by atoms with Gasteiger partial charge in [-0.2, -0.15) is 5.10 Å². The minimum absolute atomic E-state index is 0.274. The molecule has 0 amide bonds. The van der Waals surface area contributed by atoms with Crippen LogP contribution in [0.2, 0.25) is 0 Å². The number of carbonyl (C=O) groups is 1. The molecular formula is C7H11N3O3. The largest absolute Gasteiger partial charge is 0.467 e. The first-order chi connectivity index (χ1) is 6.24. The van der Waals surface area contributed by atoms with Gasteiger partial charge in [-0.15, -0.1) is 0 Å². The number of aliphatic hydroxyl groups excluding tert-OH is 1. The number of rotatable bonds is 4. The van der Waals surface area contributed by atoms with E-state index in [1.54, 1.807) is 0 Å². The van der Waals surface area contributed by atoms with Gasteiger partial charge in [0.05, 0.1) is 7.11 Å². The molecule has 1 atom stereocenters. The van der Waals surface area contributed by atoms with Crippen LogP contribution in [0.1, 0.15) is 6.42 Å². The van der Waals surface area contributed by atoms with Gasteiger partial charge in [0, 0.05) is 13.0 Å². The summed E-state index contributed by atoms with van der Waals surface area (Å²) in [6.07, 6.45) is 2.10. The van der Waals surface area contributed by atoms with Crippen molar-refractivity contribution in [2.75, 3.05) is 7.11 Å². The van der Waals surface area contributed by atoms with Gasteiger partial charge in [-0.05, 0) is 0 Å². The Kier molecular flexibility index (Phi) is 3.39. The molecule has 0 aliphatic rings. The van der Waals surface area contributed by atoms with Gasteiger partial charge in [-0.1, -0.05) is 0 Å². The molecule has 6 nitrogen and oxygen atoms in total. The summed E-state index contributed by atoms with van der Waals surface area (Å²) in [5.74, 6) is -0.625. The summed E-state index contributed by atoms with van der Waals surface area (Å²) in [4.78, 5) is 14.5. The molecule has 0 bridgehead atoms. The van der Waals surface area contributed by atoms with E-state index in [9.17, 15) is 9.90 Å². The summed E-state index contributed by atoms with van der Waals surface area (Å²) in [6.45, 7) is 0.441. The Morgan fingerprint density at radius 3 is 3.08 bits per heavy atom. The molecule has 6 heteroatoms. The van der Waals surface area contributed by atoms with E-state index in [0.717, 1.165) is 0 Å². The third kappa shape index (κ3) is 2.83. The molecule has 0 aliphatic heterocycles. The third-order valence-corrected chi connectivity index (χ3v) is 1.57. The number of nitrogens with zero attached hydrogens (tertiary/aromatic N) is 3. The zero-order valence-electron chi connectivity index (χ0n) is 7.25. The zero-order valence-corrected chi connectivity index (χ0v) is 7.25. The Hall–Kier alpha value is -1.43. The topological polar surface area (TPSA) is 77.2 Å². The van der Waals surface area contributed by atoms with Crippen molar-refractivity contribution in [2.24, 2.45) is 0 Å². The monoisotopic (exact) mass is 185 g/mol. The highest BCUT2D eigenvalue weighted by molar-refractivity contribution is 5.74. The van der Waals surface area contributed by atoms with Gasteiger partial charge in [0.2, 0.25) is 0 Å². The van der Waals surface area contributed by atoms with E-state index in [4.69, 9.17) is 0 Å². The number of ether oxygens (including phenoxy) is 1. The Morgan fingerprint density at radius 1 is 1.77 bits per heavy atom. The number of carbonyl (C=O) groups excluding carboxylic acids is 1. The van der Waals surface area contributed by atoms with Crippen LogP contribution >= 0.6 is 0 Å². The Morgan fingerprint density at radius 2 is 2.54 bits per heavy atom. The maximum absolute atomic E-state index is 10.8. The van der Waals surface area contributed by atoms with Gasteiger partial charge in [-0.25, -0.2) is 9.78 Å². The van der Waals surface area contributed by atoms with Crippen molar-refractivity contribution >= 4 is 5.97 Å². The molecule has 72 valence electrons. The van der Waals surface area contributed by atoms with Crippen LogP contribution in [0.25, 0.3) is 0 Å². The fourth-order valence-electron chi connectivity index (χ4n) is 0.857. The number of aromatic nitrogens is 3. The molecule has 1 unspecified atom stereocenters. The van der Waals surface area contributed by atoms with Crippen molar-refractivity contribution in [3.8, 4) is 0 Å². The Bertz CT molecular complexity index is 260. The lowest BCUT2D eigenvalue weighted by Crippen LogP contribution is -2.23. The molecule has 0 saturated carbocycles. The van der Waals surface area contributed by atoms with Crippen LogP contribution in [0.5, 0.6) is 0 Å². The van der Waals surface area contributed by atoms with Gasteiger partial charge >= 0.3 is 5.97 Å². The summed E-state index contributed by atoms with van der Waals surface area (Å²) in [7, 11) is 1.24. The lowest BCUT2D eigenvalue weighted by atomic mass is 10.2. The average Bonchev–Trinajstić information content (AvgIpc) is 2.65. The van der Waals surface area contributed by atoms with Crippen molar-refractivity contribution < 1.29 is 14.6 Å². The van der Waals surface area contributed by atoms with E-state index < -0.39 is 12.1 Å². The van der Waals surface area contributed by atoms with Crippen LogP contribution in [0.3, 0.4) is 0 Å². The second-order valence-corrected chi connectivity index (χ2v) is 2.49. The Balaban J connectivity index is 2.30. The highest BCUT2D eigenvalue weighted by atomic mass is 16.5. The van der Waals surface area contributed by atoms with Gasteiger partial charge in [0.15, 0.2) is 6.10 Å². The molecule has 1 N–H and O–H groups in total. The number of hydrogen-bond donors (Lipinski definition) is 1. The molecule has 1 rings (SSSR count). The van der Waals surface area contributed by atoms with Crippen molar-refractivity contribution in [1.82, 2.24) is 14.8 Å². The number of aliphatic hydroxyl groups is 1. The molecule has 13 heavy (non-hydrogen) atoms. The molecule has 0 saturated heterocycles. The lowest BCUT2D eigenvalue weighted by molar-refractivity contribution is -0.150. The first-order valence-corrected chi connectivity index (χ1v) is 3.82. The zero-order chi connectivity index (χ0) is 9.68. The predicted octanol–water partition coefficient (Wildman–Crippen LogP) is -0.798. The minimum atomic E-state index is -1.09. The molecule has 1 aromatic rings. The molecule has 1 aromatic heterocycles. The summed E-state index contributed by atoms with van der Waals surface area (Å²) >= 11 is 0. The fraction of sp³-hybridized carbons (Fsp3) is 0.571. The van der Waals surface area contributed by atoms with Crippen LogP contribution in [0.15, 0.2) is 12.7 Å². The van der Waals surface area contributed by atoms with E-state index >= 15 is 0 Å². The van der Waals surface area contributed by atoms with Crippen molar-refractivity contribution in [3.63, 3.8) is 0 Å².